The maximum Gasteiger partial charge on any atom is 0.310 e. The second-order valence-electron chi connectivity index (χ2n) is 4.00. The van der Waals surface area contributed by atoms with Gasteiger partial charge in [0.15, 0.2) is 0 Å². The molecule has 2 aromatic rings. The number of carbonyl (C=O) groups excluding carboxylic acids is 1. The van der Waals surface area contributed by atoms with E-state index in [0.29, 0.717) is 13.2 Å². The van der Waals surface area contributed by atoms with E-state index in [1.165, 1.54) is 0 Å². The monoisotopic (exact) mass is 260 g/mol. The summed E-state index contributed by atoms with van der Waals surface area (Å²) in [4.78, 5) is 11.5. The van der Waals surface area contributed by atoms with Crippen LogP contribution in [0.3, 0.4) is 0 Å². The van der Waals surface area contributed by atoms with Crippen LogP contribution in [0.1, 0.15) is 12.5 Å². The minimum Gasteiger partial charge on any atom is -0.490 e. The average molecular weight is 260 g/mol. The largest absolute Gasteiger partial charge is 0.490 e. The van der Waals surface area contributed by atoms with Crippen molar-refractivity contribution in [1.82, 2.24) is 0 Å². The van der Waals surface area contributed by atoms with E-state index in [-0.39, 0.29) is 12.4 Å². The number of fused-ring (bicyclic) bond motifs is 1. The maximum atomic E-state index is 11.5. The summed E-state index contributed by atoms with van der Waals surface area (Å²) in [7, 11) is 0. The molecule has 0 radical (unpaired) electrons. The number of hydrogen-bond donors (Lipinski definition) is 0. The highest BCUT2D eigenvalue weighted by atomic mass is 16.5. The van der Waals surface area contributed by atoms with Crippen LogP contribution in [0, 0.1) is 0 Å². The van der Waals surface area contributed by atoms with Gasteiger partial charge in [0.05, 0.1) is 19.3 Å². The first-order valence-electron chi connectivity index (χ1n) is 6.14. The van der Waals surface area contributed by atoms with Crippen molar-refractivity contribution in [3.63, 3.8) is 0 Å². The third kappa shape index (κ3) is 3.16. The predicted molar refractivity (Wildman–Crippen MR) is 72.2 cm³/mol. The molecular formula is C15H16O4. The molecule has 0 fully saturated rings. The van der Waals surface area contributed by atoms with E-state index in [9.17, 15) is 4.79 Å². The van der Waals surface area contributed by atoms with Gasteiger partial charge in [-0.25, -0.2) is 0 Å². The van der Waals surface area contributed by atoms with Gasteiger partial charge in [-0.15, -0.1) is 0 Å². The molecule has 4 heteroatoms. The lowest BCUT2D eigenvalue weighted by atomic mass is 10.1. The summed E-state index contributed by atoms with van der Waals surface area (Å²) in [6, 6.07) is 5.50. The van der Waals surface area contributed by atoms with E-state index < -0.39 is 0 Å². The Kier molecular flexibility index (Phi) is 4.23. The summed E-state index contributed by atoms with van der Waals surface area (Å²) in [6.45, 7) is 6.20. The Labute approximate surface area is 111 Å². The van der Waals surface area contributed by atoms with Gasteiger partial charge in [0.1, 0.15) is 17.9 Å². The molecule has 0 aliphatic carbocycles. The summed E-state index contributed by atoms with van der Waals surface area (Å²) >= 11 is 0. The quantitative estimate of drug-likeness (QED) is 0.591. The van der Waals surface area contributed by atoms with Crippen molar-refractivity contribution in [2.75, 3.05) is 13.2 Å². The summed E-state index contributed by atoms with van der Waals surface area (Å²) < 4.78 is 15.8. The number of esters is 1. The molecule has 0 aliphatic heterocycles. The molecule has 0 spiro atoms. The fourth-order valence-corrected chi connectivity index (χ4v) is 1.81. The number of rotatable bonds is 6. The summed E-state index contributed by atoms with van der Waals surface area (Å²) in [5.74, 6) is 0.460. The van der Waals surface area contributed by atoms with E-state index in [2.05, 4.69) is 6.58 Å². The van der Waals surface area contributed by atoms with E-state index in [1.807, 2.05) is 18.2 Å². The van der Waals surface area contributed by atoms with E-state index >= 15 is 0 Å². The Morgan fingerprint density at radius 1 is 1.47 bits per heavy atom. The van der Waals surface area contributed by atoms with E-state index in [1.54, 1.807) is 19.3 Å². The highest BCUT2D eigenvalue weighted by Crippen LogP contribution is 2.26. The van der Waals surface area contributed by atoms with Gasteiger partial charge in [-0.3, -0.25) is 4.79 Å². The topological polar surface area (TPSA) is 48.7 Å². The number of carbonyl (C=O) groups is 1. The van der Waals surface area contributed by atoms with Crippen LogP contribution < -0.4 is 4.74 Å². The lowest BCUT2D eigenvalue weighted by Crippen LogP contribution is -2.06. The lowest BCUT2D eigenvalue weighted by molar-refractivity contribution is -0.142. The molecule has 0 aliphatic rings. The number of ether oxygens (including phenoxy) is 2. The Bertz CT molecular complexity index is 583. The molecule has 2 rings (SSSR count). The van der Waals surface area contributed by atoms with Gasteiger partial charge in [-0.2, -0.15) is 0 Å². The lowest BCUT2D eigenvalue weighted by Gasteiger charge is -2.03. The third-order valence-electron chi connectivity index (χ3n) is 2.63. The van der Waals surface area contributed by atoms with E-state index in [0.717, 1.165) is 22.3 Å². The standard InChI is InChI=1S/C15H16O4/c1-3-7-18-12-5-6-14-13(9-12)11(10-19-14)8-15(16)17-4-2/h3,5-6,9-10H,1,4,7-8H2,2H3. The van der Waals surface area contributed by atoms with Crippen LogP contribution in [-0.2, 0) is 16.0 Å². The van der Waals surface area contributed by atoms with Crippen LogP contribution in [0.5, 0.6) is 5.75 Å². The van der Waals surface area contributed by atoms with Crippen LogP contribution in [0.25, 0.3) is 11.0 Å². The van der Waals surface area contributed by atoms with Crippen molar-refractivity contribution >= 4 is 16.9 Å². The van der Waals surface area contributed by atoms with Crippen molar-refractivity contribution in [2.24, 2.45) is 0 Å². The van der Waals surface area contributed by atoms with Crippen molar-refractivity contribution in [2.45, 2.75) is 13.3 Å². The van der Waals surface area contributed by atoms with Crippen LogP contribution in [0.4, 0.5) is 0 Å². The maximum absolute atomic E-state index is 11.5. The molecular weight excluding hydrogens is 244 g/mol. The average Bonchev–Trinajstić information content (AvgIpc) is 2.79. The number of benzene rings is 1. The molecule has 0 amide bonds. The van der Waals surface area contributed by atoms with Gasteiger partial charge in [0.2, 0.25) is 0 Å². The molecule has 0 N–H and O–H groups in total. The zero-order chi connectivity index (χ0) is 13.7. The summed E-state index contributed by atoms with van der Waals surface area (Å²) in [5.41, 5.74) is 1.53. The van der Waals surface area contributed by atoms with Gasteiger partial charge in [0, 0.05) is 10.9 Å². The van der Waals surface area contributed by atoms with Gasteiger partial charge >= 0.3 is 5.97 Å². The van der Waals surface area contributed by atoms with Crippen LogP contribution in [-0.4, -0.2) is 19.2 Å². The first-order chi connectivity index (χ1) is 9.24. The minimum atomic E-state index is -0.261. The molecule has 0 atom stereocenters. The number of hydrogen-bond acceptors (Lipinski definition) is 4. The molecule has 0 bridgehead atoms. The molecule has 1 aromatic heterocycles. The summed E-state index contributed by atoms with van der Waals surface area (Å²) in [5, 5.41) is 0.870. The molecule has 0 saturated carbocycles. The molecule has 19 heavy (non-hydrogen) atoms. The van der Waals surface area contributed by atoms with Crippen LogP contribution >= 0.6 is 0 Å². The van der Waals surface area contributed by atoms with Gasteiger partial charge < -0.3 is 13.9 Å². The molecule has 1 aromatic carbocycles. The second-order valence-corrected chi connectivity index (χ2v) is 4.00. The van der Waals surface area contributed by atoms with Gasteiger partial charge in [-0.1, -0.05) is 12.7 Å². The van der Waals surface area contributed by atoms with Crippen LogP contribution in [0.15, 0.2) is 41.5 Å². The highest BCUT2D eigenvalue weighted by Gasteiger charge is 2.11. The minimum absolute atomic E-state index is 0.200. The normalized spacial score (nSPS) is 10.4. The first-order valence-corrected chi connectivity index (χ1v) is 6.14. The fraction of sp³-hybridized carbons (Fsp3) is 0.267. The zero-order valence-electron chi connectivity index (χ0n) is 10.8. The highest BCUT2D eigenvalue weighted by molar-refractivity contribution is 5.86. The molecule has 0 unspecified atom stereocenters. The first kappa shape index (κ1) is 13.2. The molecule has 100 valence electrons. The Hall–Kier alpha value is -2.23. The third-order valence-corrected chi connectivity index (χ3v) is 2.63. The fourth-order valence-electron chi connectivity index (χ4n) is 1.81. The van der Waals surface area contributed by atoms with Gasteiger partial charge in [0.25, 0.3) is 0 Å². The van der Waals surface area contributed by atoms with Crippen molar-refractivity contribution < 1.29 is 18.7 Å². The molecule has 1 heterocycles. The molecule has 0 saturated heterocycles. The molecule has 4 nitrogen and oxygen atoms in total. The summed E-state index contributed by atoms with van der Waals surface area (Å²) in [6.07, 6.45) is 3.46. The van der Waals surface area contributed by atoms with E-state index in [4.69, 9.17) is 13.9 Å². The van der Waals surface area contributed by atoms with Gasteiger partial charge in [-0.05, 0) is 25.1 Å². The smallest absolute Gasteiger partial charge is 0.310 e. The van der Waals surface area contributed by atoms with Crippen molar-refractivity contribution in [3.05, 3.63) is 42.7 Å². The number of furan rings is 1. The van der Waals surface area contributed by atoms with Crippen molar-refractivity contribution in [1.29, 1.82) is 0 Å². The predicted octanol–water partition coefficient (Wildman–Crippen LogP) is 3.10. The Morgan fingerprint density at radius 2 is 2.32 bits per heavy atom. The zero-order valence-corrected chi connectivity index (χ0v) is 10.8. The van der Waals surface area contributed by atoms with Crippen LogP contribution in [0.2, 0.25) is 0 Å². The Balaban J connectivity index is 2.23. The van der Waals surface area contributed by atoms with Crippen molar-refractivity contribution in [3.8, 4) is 5.75 Å². The second kappa shape index (κ2) is 6.09. The SMILES string of the molecule is C=CCOc1ccc2occ(CC(=O)OCC)c2c1. The Morgan fingerprint density at radius 3 is 3.05 bits per heavy atom.